The number of hydrogen-bond donors (Lipinski definition) is 2. The van der Waals surface area contributed by atoms with Gasteiger partial charge in [-0.2, -0.15) is 0 Å². The van der Waals surface area contributed by atoms with Crippen LogP contribution in [0.15, 0.2) is 36.4 Å². The Morgan fingerprint density at radius 2 is 2.00 bits per heavy atom. The van der Waals surface area contributed by atoms with E-state index in [4.69, 9.17) is 14.2 Å². The molecular weight excluding hydrogens is 332 g/mol. The lowest BCUT2D eigenvalue weighted by molar-refractivity contribution is 0.174. The van der Waals surface area contributed by atoms with Crippen LogP contribution in [0.25, 0.3) is 0 Å². The third kappa shape index (κ3) is 4.20. The van der Waals surface area contributed by atoms with Crippen molar-refractivity contribution in [2.24, 2.45) is 0 Å². The first-order valence-electron chi connectivity index (χ1n) is 8.64. The molecule has 138 valence electrons. The van der Waals surface area contributed by atoms with Crippen LogP contribution < -0.4 is 24.8 Å². The second kappa shape index (κ2) is 7.99. The molecule has 1 aliphatic rings. The SMILES string of the molecule is COc1ccc(C)cc1CCNC(=O)NC(C)c1ccc2c(c1)OCO2. The highest BCUT2D eigenvalue weighted by molar-refractivity contribution is 5.74. The van der Waals surface area contributed by atoms with E-state index in [9.17, 15) is 4.79 Å². The minimum absolute atomic E-state index is 0.141. The van der Waals surface area contributed by atoms with Gasteiger partial charge >= 0.3 is 6.03 Å². The van der Waals surface area contributed by atoms with E-state index in [1.165, 1.54) is 5.56 Å². The topological polar surface area (TPSA) is 68.8 Å². The van der Waals surface area contributed by atoms with Crippen molar-refractivity contribution in [2.45, 2.75) is 26.3 Å². The van der Waals surface area contributed by atoms with Crippen LogP contribution in [-0.4, -0.2) is 26.5 Å². The van der Waals surface area contributed by atoms with Gasteiger partial charge in [0.15, 0.2) is 11.5 Å². The standard InChI is InChI=1S/C20H24N2O4/c1-13-4-6-17(24-3)16(10-13)8-9-21-20(23)22-14(2)15-5-7-18-19(11-15)26-12-25-18/h4-7,10-11,14H,8-9,12H2,1-3H3,(H2,21,22,23). The van der Waals surface area contributed by atoms with Crippen molar-refractivity contribution in [3.8, 4) is 17.2 Å². The molecule has 0 saturated heterocycles. The predicted molar refractivity (Wildman–Crippen MR) is 98.9 cm³/mol. The maximum Gasteiger partial charge on any atom is 0.315 e. The van der Waals surface area contributed by atoms with E-state index in [0.29, 0.717) is 18.7 Å². The molecule has 1 atom stereocenters. The summed E-state index contributed by atoms with van der Waals surface area (Å²) in [6.45, 7) is 4.74. The summed E-state index contributed by atoms with van der Waals surface area (Å²) >= 11 is 0. The number of hydrogen-bond acceptors (Lipinski definition) is 4. The van der Waals surface area contributed by atoms with Gasteiger partial charge in [0, 0.05) is 6.54 Å². The van der Waals surface area contributed by atoms with Crippen LogP contribution in [0.5, 0.6) is 17.2 Å². The molecule has 2 aromatic carbocycles. The summed E-state index contributed by atoms with van der Waals surface area (Å²) in [4.78, 5) is 12.2. The average Bonchev–Trinajstić information content (AvgIpc) is 3.09. The Hall–Kier alpha value is -2.89. The summed E-state index contributed by atoms with van der Waals surface area (Å²) in [6, 6.07) is 11.4. The normalized spacial score (nSPS) is 13.2. The zero-order valence-electron chi connectivity index (χ0n) is 15.3. The zero-order chi connectivity index (χ0) is 18.5. The maximum absolute atomic E-state index is 12.2. The number of urea groups is 1. The van der Waals surface area contributed by atoms with Crippen molar-refractivity contribution >= 4 is 6.03 Å². The lowest BCUT2D eigenvalue weighted by Gasteiger charge is -2.16. The van der Waals surface area contributed by atoms with Gasteiger partial charge in [0.2, 0.25) is 6.79 Å². The second-order valence-electron chi connectivity index (χ2n) is 6.30. The molecule has 1 aliphatic heterocycles. The van der Waals surface area contributed by atoms with Crippen LogP contribution in [0.3, 0.4) is 0 Å². The predicted octanol–water partition coefficient (Wildman–Crippen LogP) is 3.34. The van der Waals surface area contributed by atoms with Gasteiger partial charge in [0.1, 0.15) is 5.75 Å². The molecule has 26 heavy (non-hydrogen) atoms. The number of methoxy groups -OCH3 is 1. The Balaban J connectivity index is 1.50. The molecule has 0 aromatic heterocycles. The van der Waals surface area contributed by atoms with E-state index in [1.54, 1.807) is 7.11 Å². The number of benzene rings is 2. The lowest BCUT2D eigenvalue weighted by atomic mass is 10.1. The summed E-state index contributed by atoms with van der Waals surface area (Å²) < 4.78 is 16.0. The Labute approximate surface area is 153 Å². The molecule has 6 heteroatoms. The van der Waals surface area contributed by atoms with E-state index in [0.717, 1.165) is 22.6 Å². The van der Waals surface area contributed by atoms with Gasteiger partial charge in [-0.25, -0.2) is 4.79 Å². The number of carbonyl (C=O) groups excluding carboxylic acids is 1. The van der Waals surface area contributed by atoms with Crippen molar-refractivity contribution < 1.29 is 19.0 Å². The first-order valence-corrected chi connectivity index (χ1v) is 8.64. The molecule has 0 saturated carbocycles. The molecule has 0 aliphatic carbocycles. The Morgan fingerprint density at radius 1 is 1.19 bits per heavy atom. The van der Waals surface area contributed by atoms with E-state index in [-0.39, 0.29) is 18.9 Å². The van der Waals surface area contributed by atoms with Crippen LogP contribution >= 0.6 is 0 Å². The number of amides is 2. The number of carbonyl (C=O) groups is 1. The number of nitrogens with one attached hydrogen (secondary N) is 2. The Kier molecular flexibility index (Phi) is 5.51. The largest absolute Gasteiger partial charge is 0.496 e. The van der Waals surface area contributed by atoms with Crippen LogP contribution in [0.4, 0.5) is 4.79 Å². The number of ether oxygens (including phenoxy) is 3. The molecule has 0 spiro atoms. The highest BCUT2D eigenvalue weighted by Gasteiger charge is 2.16. The van der Waals surface area contributed by atoms with Crippen molar-refractivity contribution in [2.75, 3.05) is 20.4 Å². The quantitative estimate of drug-likeness (QED) is 0.833. The molecule has 2 N–H and O–H groups in total. The van der Waals surface area contributed by atoms with Crippen LogP contribution in [0, 0.1) is 6.92 Å². The van der Waals surface area contributed by atoms with E-state index >= 15 is 0 Å². The Morgan fingerprint density at radius 3 is 2.81 bits per heavy atom. The van der Waals surface area contributed by atoms with Gasteiger partial charge in [-0.1, -0.05) is 23.8 Å². The smallest absolute Gasteiger partial charge is 0.315 e. The summed E-state index contributed by atoms with van der Waals surface area (Å²) in [5, 5.41) is 5.83. The van der Waals surface area contributed by atoms with Crippen molar-refractivity contribution in [3.63, 3.8) is 0 Å². The number of aryl methyl sites for hydroxylation is 1. The van der Waals surface area contributed by atoms with Crippen LogP contribution in [-0.2, 0) is 6.42 Å². The Bertz CT molecular complexity index is 791. The molecule has 2 amide bonds. The van der Waals surface area contributed by atoms with Gasteiger partial charge < -0.3 is 24.8 Å². The van der Waals surface area contributed by atoms with E-state index in [1.807, 2.05) is 44.2 Å². The van der Waals surface area contributed by atoms with Crippen molar-refractivity contribution in [1.82, 2.24) is 10.6 Å². The molecule has 1 heterocycles. The fourth-order valence-electron chi connectivity index (χ4n) is 2.93. The highest BCUT2D eigenvalue weighted by Crippen LogP contribution is 2.34. The van der Waals surface area contributed by atoms with E-state index < -0.39 is 0 Å². The maximum atomic E-state index is 12.2. The number of fused-ring (bicyclic) bond motifs is 1. The molecule has 0 radical (unpaired) electrons. The van der Waals surface area contributed by atoms with Gasteiger partial charge in [0.25, 0.3) is 0 Å². The number of rotatable bonds is 6. The van der Waals surface area contributed by atoms with Crippen LogP contribution in [0.2, 0.25) is 0 Å². The zero-order valence-corrected chi connectivity index (χ0v) is 15.3. The second-order valence-corrected chi connectivity index (χ2v) is 6.30. The van der Waals surface area contributed by atoms with Crippen LogP contribution in [0.1, 0.15) is 29.7 Å². The molecule has 3 rings (SSSR count). The summed E-state index contributed by atoms with van der Waals surface area (Å²) in [7, 11) is 1.65. The molecule has 2 aromatic rings. The highest BCUT2D eigenvalue weighted by atomic mass is 16.7. The first kappa shape index (κ1) is 17.9. The van der Waals surface area contributed by atoms with Gasteiger partial charge in [0.05, 0.1) is 13.2 Å². The third-order valence-electron chi connectivity index (χ3n) is 4.36. The molecule has 6 nitrogen and oxygen atoms in total. The fourth-order valence-corrected chi connectivity index (χ4v) is 2.93. The van der Waals surface area contributed by atoms with Gasteiger partial charge in [-0.3, -0.25) is 0 Å². The van der Waals surface area contributed by atoms with E-state index in [2.05, 4.69) is 16.7 Å². The fraction of sp³-hybridized carbons (Fsp3) is 0.350. The lowest BCUT2D eigenvalue weighted by Crippen LogP contribution is -2.38. The minimum atomic E-state index is -0.207. The van der Waals surface area contributed by atoms with Gasteiger partial charge in [-0.15, -0.1) is 0 Å². The third-order valence-corrected chi connectivity index (χ3v) is 4.36. The average molecular weight is 356 g/mol. The van der Waals surface area contributed by atoms with Gasteiger partial charge in [-0.05, 0) is 49.6 Å². The van der Waals surface area contributed by atoms with Crippen molar-refractivity contribution in [3.05, 3.63) is 53.1 Å². The molecule has 1 unspecified atom stereocenters. The first-order chi connectivity index (χ1) is 12.6. The molecule has 0 bridgehead atoms. The minimum Gasteiger partial charge on any atom is -0.496 e. The molecule has 0 fully saturated rings. The summed E-state index contributed by atoms with van der Waals surface area (Å²) in [5.41, 5.74) is 3.21. The summed E-state index contributed by atoms with van der Waals surface area (Å²) in [6.07, 6.45) is 0.705. The molecular formula is C20H24N2O4. The van der Waals surface area contributed by atoms with Crippen molar-refractivity contribution in [1.29, 1.82) is 0 Å². The summed E-state index contributed by atoms with van der Waals surface area (Å²) in [5.74, 6) is 2.28. The monoisotopic (exact) mass is 356 g/mol.